The Morgan fingerprint density at radius 3 is 2.53 bits per heavy atom. The van der Waals surface area contributed by atoms with Crippen LogP contribution < -0.4 is 5.32 Å². The lowest BCUT2D eigenvalue weighted by atomic mass is 10.1. The summed E-state index contributed by atoms with van der Waals surface area (Å²) in [6, 6.07) is 4.80. The highest BCUT2D eigenvalue weighted by molar-refractivity contribution is 7.99. The quantitative estimate of drug-likeness (QED) is 0.769. The monoisotopic (exact) mass is 282 g/mol. The third-order valence-electron chi connectivity index (χ3n) is 3.48. The average molecular weight is 282 g/mol. The molecule has 2 rings (SSSR count). The Morgan fingerprint density at radius 2 is 1.89 bits per heavy atom. The number of phenols is 2. The van der Waals surface area contributed by atoms with Crippen molar-refractivity contribution in [2.24, 2.45) is 0 Å². The summed E-state index contributed by atoms with van der Waals surface area (Å²) in [7, 11) is 0. The first-order chi connectivity index (χ1) is 9.18. The Hall–Kier alpha value is -0.910. The minimum absolute atomic E-state index is 0.0552. The molecule has 0 aliphatic carbocycles. The van der Waals surface area contributed by atoms with Crippen molar-refractivity contribution in [1.82, 2.24) is 10.2 Å². The Balaban J connectivity index is 1.82. The number of phenolic OH excluding ortho intramolecular Hbond substituents is 2. The van der Waals surface area contributed by atoms with Crippen LogP contribution in [0.25, 0.3) is 0 Å². The van der Waals surface area contributed by atoms with Gasteiger partial charge in [0.1, 0.15) is 11.5 Å². The third-order valence-corrected chi connectivity index (χ3v) is 4.42. The number of nitrogens with one attached hydrogen (secondary N) is 1. The van der Waals surface area contributed by atoms with Crippen molar-refractivity contribution in [3.05, 3.63) is 23.8 Å². The normalized spacial score (nSPS) is 18.4. The van der Waals surface area contributed by atoms with Crippen LogP contribution in [-0.4, -0.2) is 52.8 Å². The van der Waals surface area contributed by atoms with Crippen molar-refractivity contribution in [2.75, 3.05) is 37.7 Å². The van der Waals surface area contributed by atoms with Crippen molar-refractivity contribution in [2.45, 2.75) is 13.0 Å². The van der Waals surface area contributed by atoms with Gasteiger partial charge in [0.25, 0.3) is 0 Å². The largest absolute Gasteiger partial charge is 0.507 e. The molecule has 1 atom stereocenters. The maximum absolute atomic E-state index is 9.80. The van der Waals surface area contributed by atoms with E-state index >= 15 is 0 Å². The van der Waals surface area contributed by atoms with E-state index in [0.29, 0.717) is 5.56 Å². The Kier molecular flexibility index (Phi) is 5.36. The van der Waals surface area contributed by atoms with Crippen LogP contribution in [0.15, 0.2) is 18.2 Å². The van der Waals surface area contributed by atoms with Gasteiger partial charge in [-0.2, -0.15) is 11.8 Å². The molecule has 0 saturated carbocycles. The van der Waals surface area contributed by atoms with Crippen LogP contribution >= 0.6 is 11.8 Å². The summed E-state index contributed by atoms with van der Waals surface area (Å²) in [5.74, 6) is 2.73. The number of benzene rings is 1. The summed E-state index contributed by atoms with van der Waals surface area (Å²) >= 11 is 2.01. The Morgan fingerprint density at radius 1 is 1.26 bits per heavy atom. The highest BCUT2D eigenvalue weighted by Gasteiger charge is 2.15. The van der Waals surface area contributed by atoms with Gasteiger partial charge < -0.3 is 20.4 Å². The van der Waals surface area contributed by atoms with E-state index in [1.54, 1.807) is 18.2 Å². The van der Waals surface area contributed by atoms with Gasteiger partial charge in [-0.1, -0.05) is 6.07 Å². The third kappa shape index (κ3) is 4.03. The van der Waals surface area contributed by atoms with Gasteiger partial charge >= 0.3 is 0 Å². The predicted octanol–water partition coefficient (Wildman–Crippen LogP) is 1.80. The number of nitrogens with zero attached hydrogens (tertiary/aromatic N) is 1. The van der Waals surface area contributed by atoms with Gasteiger partial charge in [0.05, 0.1) is 5.56 Å². The minimum Gasteiger partial charge on any atom is -0.507 e. The lowest BCUT2D eigenvalue weighted by Gasteiger charge is -2.27. The standard InChI is InChI=1S/C14H22N2O2S/c1-11(14-12(17)3-2-4-13(14)18)15-5-6-16-7-9-19-10-8-16/h2-4,11,15,17-18H,5-10H2,1H3. The molecule has 1 saturated heterocycles. The van der Waals surface area contributed by atoms with Crippen LogP contribution in [0.4, 0.5) is 0 Å². The summed E-state index contributed by atoms with van der Waals surface area (Å²) in [4.78, 5) is 2.45. The molecule has 1 aliphatic rings. The second-order valence-corrected chi connectivity index (χ2v) is 6.06. The molecule has 1 aromatic rings. The summed E-state index contributed by atoms with van der Waals surface area (Å²) in [6.45, 7) is 6.14. The van der Waals surface area contributed by atoms with Crippen LogP contribution in [0.1, 0.15) is 18.5 Å². The smallest absolute Gasteiger partial charge is 0.124 e. The lowest BCUT2D eigenvalue weighted by molar-refractivity contribution is 0.295. The molecule has 0 amide bonds. The topological polar surface area (TPSA) is 55.7 Å². The molecular formula is C14H22N2O2S. The van der Waals surface area contributed by atoms with Crippen LogP contribution in [0, 0.1) is 0 Å². The molecule has 0 aromatic heterocycles. The van der Waals surface area contributed by atoms with E-state index < -0.39 is 0 Å². The molecule has 1 unspecified atom stereocenters. The van der Waals surface area contributed by atoms with Crippen molar-refractivity contribution in [1.29, 1.82) is 0 Å². The summed E-state index contributed by atoms with van der Waals surface area (Å²) in [5, 5.41) is 23.0. The van der Waals surface area contributed by atoms with E-state index in [9.17, 15) is 10.2 Å². The molecule has 0 radical (unpaired) electrons. The first-order valence-electron chi connectivity index (χ1n) is 6.73. The van der Waals surface area contributed by atoms with Gasteiger partial charge in [0, 0.05) is 43.7 Å². The van der Waals surface area contributed by atoms with E-state index in [0.717, 1.165) is 26.2 Å². The molecule has 5 heteroatoms. The SMILES string of the molecule is CC(NCCN1CCSCC1)c1c(O)cccc1O. The van der Waals surface area contributed by atoms with Crippen molar-refractivity contribution in [3.63, 3.8) is 0 Å². The second kappa shape index (κ2) is 7.03. The Labute approximate surface area is 118 Å². The molecule has 19 heavy (non-hydrogen) atoms. The molecule has 4 nitrogen and oxygen atoms in total. The van der Waals surface area contributed by atoms with E-state index in [2.05, 4.69) is 10.2 Å². The highest BCUT2D eigenvalue weighted by atomic mass is 32.2. The van der Waals surface area contributed by atoms with Gasteiger partial charge in [0.2, 0.25) is 0 Å². The fourth-order valence-corrected chi connectivity index (χ4v) is 3.33. The first-order valence-corrected chi connectivity index (χ1v) is 7.88. The molecule has 0 bridgehead atoms. The fraction of sp³-hybridized carbons (Fsp3) is 0.571. The molecular weight excluding hydrogens is 260 g/mol. The van der Waals surface area contributed by atoms with Crippen molar-refractivity contribution >= 4 is 11.8 Å². The van der Waals surface area contributed by atoms with Crippen LogP contribution in [0.5, 0.6) is 11.5 Å². The molecule has 106 valence electrons. The zero-order chi connectivity index (χ0) is 13.7. The lowest BCUT2D eigenvalue weighted by Crippen LogP contribution is -2.38. The maximum Gasteiger partial charge on any atom is 0.124 e. The van der Waals surface area contributed by atoms with Crippen LogP contribution in [0.3, 0.4) is 0 Å². The minimum atomic E-state index is -0.0552. The molecule has 1 fully saturated rings. The number of rotatable bonds is 5. The summed E-state index contributed by atoms with van der Waals surface area (Å²) in [6.07, 6.45) is 0. The molecule has 1 aromatic carbocycles. The number of hydrogen-bond donors (Lipinski definition) is 3. The zero-order valence-corrected chi connectivity index (χ0v) is 12.1. The van der Waals surface area contributed by atoms with E-state index in [4.69, 9.17) is 0 Å². The zero-order valence-electron chi connectivity index (χ0n) is 11.3. The van der Waals surface area contributed by atoms with Gasteiger partial charge in [-0.25, -0.2) is 0 Å². The van der Waals surface area contributed by atoms with Gasteiger partial charge in [-0.05, 0) is 19.1 Å². The summed E-state index contributed by atoms with van der Waals surface area (Å²) in [5.41, 5.74) is 0.580. The highest BCUT2D eigenvalue weighted by Crippen LogP contribution is 2.31. The van der Waals surface area contributed by atoms with E-state index in [1.807, 2.05) is 18.7 Å². The first kappa shape index (κ1) is 14.5. The van der Waals surface area contributed by atoms with E-state index in [1.165, 1.54) is 11.5 Å². The second-order valence-electron chi connectivity index (χ2n) is 4.84. The summed E-state index contributed by atoms with van der Waals surface area (Å²) < 4.78 is 0. The van der Waals surface area contributed by atoms with E-state index in [-0.39, 0.29) is 17.5 Å². The fourth-order valence-electron chi connectivity index (χ4n) is 2.35. The molecule has 3 N–H and O–H groups in total. The predicted molar refractivity (Wildman–Crippen MR) is 80.0 cm³/mol. The van der Waals surface area contributed by atoms with Gasteiger partial charge in [-0.15, -0.1) is 0 Å². The average Bonchev–Trinajstić information content (AvgIpc) is 2.40. The van der Waals surface area contributed by atoms with Gasteiger partial charge in [-0.3, -0.25) is 0 Å². The van der Waals surface area contributed by atoms with Crippen molar-refractivity contribution in [3.8, 4) is 11.5 Å². The molecule has 1 aliphatic heterocycles. The number of aromatic hydroxyl groups is 2. The van der Waals surface area contributed by atoms with Crippen LogP contribution in [-0.2, 0) is 0 Å². The molecule has 0 spiro atoms. The van der Waals surface area contributed by atoms with Crippen LogP contribution in [0.2, 0.25) is 0 Å². The van der Waals surface area contributed by atoms with Gasteiger partial charge in [0.15, 0.2) is 0 Å². The number of thioether (sulfide) groups is 1. The maximum atomic E-state index is 9.80. The Bertz CT molecular complexity index is 388. The number of hydrogen-bond acceptors (Lipinski definition) is 5. The van der Waals surface area contributed by atoms with Crippen molar-refractivity contribution < 1.29 is 10.2 Å². The molecule has 1 heterocycles.